The van der Waals surface area contributed by atoms with Gasteiger partial charge in [-0.3, -0.25) is 4.90 Å². The summed E-state index contributed by atoms with van der Waals surface area (Å²) < 4.78 is 7.25. The number of ether oxygens (including phenoxy) is 1. The van der Waals surface area contributed by atoms with Crippen molar-refractivity contribution in [2.75, 3.05) is 13.7 Å². The van der Waals surface area contributed by atoms with E-state index in [9.17, 15) is 5.11 Å². The van der Waals surface area contributed by atoms with Crippen LogP contribution < -0.4 is 4.74 Å². The van der Waals surface area contributed by atoms with E-state index in [2.05, 4.69) is 9.88 Å². The zero-order valence-electron chi connectivity index (χ0n) is 14.1. The first-order valence-electron chi connectivity index (χ1n) is 8.09. The van der Waals surface area contributed by atoms with Crippen LogP contribution in [0.1, 0.15) is 31.2 Å². The molecule has 1 fully saturated rings. The second-order valence-corrected chi connectivity index (χ2v) is 6.46. The Balaban J connectivity index is 1.80. The van der Waals surface area contributed by atoms with E-state index in [0.717, 1.165) is 43.1 Å². The Morgan fingerprint density at radius 2 is 2.09 bits per heavy atom. The van der Waals surface area contributed by atoms with Gasteiger partial charge in [-0.25, -0.2) is 4.98 Å². The van der Waals surface area contributed by atoms with Crippen LogP contribution in [0.2, 0.25) is 0 Å². The van der Waals surface area contributed by atoms with Crippen molar-refractivity contribution in [2.45, 2.75) is 38.0 Å². The quantitative estimate of drug-likeness (QED) is 0.920. The molecule has 3 rings (SSSR count). The van der Waals surface area contributed by atoms with Crippen molar-refractivity contribution in [1.29, 1.82) is 0 Å². The SMILES string of the molecule is COc1ccc([C@@](C)(O)[C@@H]2CCCN2Cc2nccn2C)cc1. The van der Waals surface area contributed by atoms with Gasteiger partial charge in [-0.05, 0) is 44.0 Å². The van der Waals surface area contributed by atoms with Gasteiger partial charge in [0.1, 0.15) is 17.2 Å². The fourth-order valence-corrected chi connectivity index (χ4v) is 3.50. The van der Waals surface area contributed by atoms with E-state index >= 15 is 0 Å². The molecule has 124 valence electrons. The van der Waals surface area contributed by atoms with Crippen molar-refractivity contribution >= 4 is 0 Å². The molecule has 1 saturated heterocycles. The molecule has 1 N–H and O–H groups in total. The van der Waals surface area contributed by atoms with Gasteiger partial charge in [0, 0.05) is 25.5 Å². The number of aromatic nitrogens is 2. The van der Waals surface area contributed by atoms with Crippen molar-refractivity contribution in [3.8, 4) is 5.75 Å². The maximum Gasteiger partial charge on any atom is 0.122 e. The molecular weight excluding hydrogens is 290 g/mol. The highest BCUT2D eigenvalue weighted by Gasteiger charge is 2.40. The molecule has 0 aliphatic carbocycles. The molecular formula is C18H25N3O2. The normalized spacial score (nSPS) is 21.3. The number of imidazole rings is 1. The minimum Gasteiger partial charge on any atom is -0.497 e. The smallest absolute Gasteiger partial charge is 0.122 e. The van der Waals surface area contributed by atoms with Crippen LogP contribution in [-0.2, 0) is 19.2 Å². The number of aliphatic hydroxyl groups is 1. The van der Waals surface area contributed by atoms with Crippen molar-refractivity contribution in [3.63, 3.8) is 0 Å². The first kappa shape index (κ1) is 16.0. The first-order valence-corrected chi connectivity index (χ1v) is 8.09. The summed E-state index contributed by atoms with van der Waals surface area (Å²) in [4.78, 5) is 6.75. The van der Waals surface area contributed by atoms with E-state index in [1.807, 2.05) is 55.2 Å². The third-order valence-corrected chi connectivity index (χ3v) is 4.95. The molecule has 1 aromatic heterocycles. The number of hydrogen-bond donors (Lipinski definition) is 1. The summed E-state index contributed by atoms with van der Waals surface area (Å²) >= 11 is 0. The van der Waals surface area contributed by atoms with Crippen LogP contribution in [0.25, 0.3) is 0 Å². The van der Waals surface area contributed by atoms with Gasteiger partial charge in [-0.15, -0.1) is 0 Å². The van der Waals surface area contributed by atoms with Crippen LogP contribution in [0.15, 0.2) is 36.7 Å². The van der Waals surface area contributed by atoms with Crippen molar-refractivity contribution < 1.29 is 9.84 Å². The van der Waals surface area contributed by atoms with E-state index in [1.54, 1.807) is 7.11 Å². The molecule has 0 amide bonds. The number of methoxy groups -OCH3 is 1. The minimum atomic E-state index is -0.895. The topological polar surface area (TPSA) is 50.5 Å². The predicted octanol–water partition coefficient (Wildman–Crippen LogP) is 2.30. The third kappa shape index (κ3) is 3.12. The number of likely N-dealkylation sites (tertiary alicyclic amines) is 1. The summed E-state index contributed by atoms with van der Waals surface area (Å²) in [6.07, 6.45) is 5.87. The summed E-state index contributed by atoms with van der Waals surface area (Å²) in [7, 11) is 3.66. The lowest BCUT2D eigenvalue weighted by Crippen LogP contribution is -2.45. The Morgan fingerprint density at radius 3 is 2.70 bits per heavy atom. The largest absolute Gasteiger partial charge is 0.497 e. The van der Waals surface area contributed by atoms with Crippen molar-refractivity contribution in [3.05, 3.63) is 48.0 Å². The standard InChI is InChI=1S/C18H25N3O2/c1-18(22,14-6-8-15(23-3)9-7-14)16-5-4-11-21(16)13-17-19-10-12-20(17)2/h6-10,12,16,22H,4-5,11,13H2,1-3H3/t16-,18+/m0/s1. The average molecular weight is 315 g/mol. The number of benzene rings is 1. The molecule has 5 nitrogen and oxygen atoms in total. The number of hydrogen-bond acceptors (Lipinski definition) is 4. The number of aryl methyl sites for hydroxylation is 1. The molecule has 0 spiro atoms. The molecule has 0 radical (unpaired) electrons. The van der Waals surface area contributed by atoms with Gasteiger partial charge < -0.3 is 14.4 Å². The molecule has 1 aliphatic rings. The molecule has 1 aromatic carbocycles. The van der Waals surface area contributed by atoms with Crippen LogP contribution >= 0.6 is 0 Å². The Hall–Kier alpha value is -1.85. The Labute approximate surface area is 137 Å². The summed E-state index contributed by atoms with van der Waals surface area (Å²) in [5.74, 6) is 1.84. The Bertz CT molecular complexity index is 649. The zero-order valence-corrected chi connectivity index (χ0v) is 14.1. The monoisotopic (exact) mass is 315 g/mol. The zero-order chi connectivity index (χ0) is 16.4. The summed E-state index contributed by atoms with van der Waals surface area (Å²) in [5, 5.41) is 11.2. The van der Waals surface area contributed by atoms with Crippen LogP contribution in [0.4, 0.5) is 0 Å². The van der Waals surface area contributed by atoms with Crippen LogP contribution in [0, 0.1) is 0 Å². The number of nitrogens with zero attached hydrogens (tertiary/aromatic N) is 3. The van der Waals surface area contributed by atoms with Gasteiger partial charge in [-0.1, -0.05) is 12.1 Å². The molecule has 2 aromatic rings. The van der Waals surface area contributed by atoms with E-state index < -0.39 is 5.60 Å². The van der Waals surface area contributed by atoms with E-state index in [1.165, 1.54) is 0 Å². The molecule has 23 heavy (non-hydrogen) atoms. The minimum absolute atomic E-state index is 0.0904. The highest BCUT2D eigenvalue weighted by molar-refractivity contribution is 5.31. The summed E-state index contributed by atoms with van der Waals surface area (Å²) in [5.41, 5.74) is 0.0311. The molecule has 5 heteroatoms. The lowest BCUT2D eigenvalue weighted by molar-refractivity contribution is -0.0263. The predicted molar refractivity (Wildman–Crippen MR) is 89.2 cm³/mol. The highest BCUT2D eigenvalue weighted by atomic mass is 16.5. The van der Waals surface area contributed by atoms with Crippen molar-refractivity contribution in [2.24, 2.45) is 7.05 Å². The Kier molecular flexibility index (Phi) is 4.41. The van der Waals surface area contributed by atoms with Gasteiger partial charge >= 0.3 is 0 Å². The van der Waals surface area contributed by atoms with Crippen LogP contribution in [0.3, 0.4) is 0 Å². The Morgan fingerprint density at radius 1 is 1.35 bits per heavy atom. The van der Waals surface area contributed by atoms with Gasteiger partial charge in [-0.2, -0.15) is 0 Å². The molecule has 0 bridgehead atoms. The number of rotatable bonds is 5. The highest BCUT2D eigenvalue weighted by Crippen LogP contribution is 2.35. The molecule has 0 saturated carbocycles. The van der Waals surface area contributed by atoms with Crippen LogP contribution in [-0.4, -0.2) is 39.3 Å². The van der Waals surface area contributed by atoms with E-state index in [4.69, 9.17) is 4.74 Å². The lowest BCUT2D eigenvalue weighted by Gasteiger charge is -2.37. The molecule has 2 heterocycles. The first-order chi connectivity index (χ1) is 11.0. The molecule has 0 unspecified atom stereocenters. The second kappa shape index (κ2) is 6.34. The summed E-state index contributed by atoms with van der Waals surface area (Å²) in [6, 6.07) is 7.81. The maximum atomic E-state index is 11.2. The van der Waals surface area contributed by atoms with Gasteiger partial charge in [0.15, 0.2) is 0 Å². The lowest BCUT2D eigenvalue weighted by atomic mass is 9.86. The van der Waals surface area contributed by atoms with Gasteiger partial charge in [0.25, 0.3) is 0 Å². The molecule has 2 atom stereocenters. The second-order valence-electron chi connectivity index (χ2n) is 6.46. The molecule has 1 aliphatic heterocycles. The van der Waals surface area contributed by atoms with Crippen LogP contribution in [0.5, 0.6) is 5.75 Å². The third-order valence-electron chi connectivity index (χ3n) is 4.95. The fourth-order valence-electron chi connectivity index (χ4n) is 3.50. The van der Waals surface area contributed by atoms with E-state index in [-0.39, 0.29) is 6.04 Å². The fraction of sp³-hybridized carbons (Fsp3) is 0.500. The average Bonchev–Trinajstić information content (AvgIpc) is 3.18. The van der Waals surface area contributed by atoms with E-state index in [0.29, 0.717) is 0 Å². The maximum absolute atomic E-state index is 11.2. The summed E-state index contributed by atoms with van der Waals surface area (Å²) in [6.45, 7) is 3.67. The van der Waals surface area contributed by atoms with Gasteiger partial charge in [0.05, 0.1) is 13.7 Å². The van der Waals surface area contributed by atoms with Gasteiger partial charge in [0.2, 0.25) is 0 Å². The van der Waals surface area contributed by atoms with Crippen molar-refractivity contribution in [1.82, 2.24) is 14.5 Å².